The molecule has 1 fully saturated rings. The summed E-state index contributed by atoms with van der Waals surface area (Å²) >= 11 is 0. The van der Waals surface area contributed by atoms with Gasteiger partial charge < -0.3 is 4.42 Å². The molecule has 1 aliphatic carbocycles. The van der Waals surface area contributed by atoms with Crippen LogP contribution in [0.15, 0.2) is 22.6 Å². The number of halogens is 1. The van der Waals surface area contributed by atoms with Crippen molar-refractivity contribution in [1.29, 1.82) is 0 Å². The summed E-state index contributed by atoms with van der Waals surface area (Å²) in [5, 5.41) is 0.703. The number of Topliss-reactive ketones (excluding diaryl/α,β-unsaturated/α-hetero) is 1. The van der Waals surface area contributed by atoms with Gasteiger partial charge in [-0.15, -0.1) is 0 Å². The summed E-state index contributed by atoms with van der Waals surface area (Å²) in [6, 6.07) is 4.38. The molecule has 2 aromatic rings. The van der Waals surface area contributed by atoms with Crippen LogP contribution in [-0.2, 0) is 0 Å². The normalized spacial score (nSPS) is 16.3. The first kappa shape index (κ1) is 12.4. The first-order valence-electron chi connectivity index (χ1n) is 6.87. The molecule has 0 atom stereocenters. The lowest BCUT2D eigenvalue weighted by molar-refractivity contribution is 0.0936. The number of carbonyl (C=O) groups excluding carboxylic acids is 1. The summed E-state index contributed by atoms with van der Waals surface area (Å²) in [7, 11) is 0. The van der Waals surface area contributed by atoms with Crippen LogP contribution >= 0.6 is 0 Å². The van der Waals surface area contributed by atoms with Gasteiger partial charge in [0.1, 0.15) is 11.4 Å². The van der Waals surface area contributed by atoms with Gasteiger partial charge >= 0.3 is 0 Å². The van der Waals surface area contributed by atoms with Crippen molar-refractivity contribution in [1.82, 2.24) is 0 Å². The lowest BCUT2D eigenvalue weighted by Gasteiger charge is -2.06. The van der Waals surface area contributed by atoms with Crippen LogP contribution in [0.4, 0.5) is 4.39 Å². The first-order valence-corrected chi connectivity index (χ1v) is 6.87. The Morgan fingerprint density at radius 3 is 2.84 bits per heavy atom. The molecule has 0 bridgehead atoms. The molecule has 0 saturated heterocycles. The summed E-state index contributed by atoms with van der Waals surface area (Å²) in [5.41, 5.74) is 1.35. The Morgan fingerprint density at radius 1 is 1.37 bits per heavy atom. The molecule has 1 saturated carbocycles. The zero-order chi connectivity index (χ0) is 13.4. The molecular formula is C16H17FO2. The molecule has 0 radical (unpaired) electrons. The zero-order valence-corrected chi connectivity index (χ0v) is 11.0. The predicted molar refractivity (Wildman–Crippen MR) is 71.8 cm³/mol. The molecular weight excluding hydrogens is 243 g/mol. The maximum atomic E-state index is 13.2. The van der Waals surface area contributed by atoms with Crippen molar-refractivity contribution in [2.24, 2.45) is 5.92 Å². The van der Waals surface area contributed by atoms with Gasteiger partial charge in [-0.3, -0.25) is 4.79 Å². The van der Waals surface area contributed by atoms with E-state index in [0.29, 0.717) is 29.1 Å². The van der Waals surface area contributed by atoms with Gasteiger partial charge in [-0.2, -0.15) is 0 Å². The van der Waals surface area contributed by atoms with E-state index in [4.69, 9.17) is 4.42 Å². The van der Waals surface area contributed by atoms with Gasteiger partial charge in [0.2, 0.25) is 0 Å². The second-order valence-electron chi connectivity index (χ2n) is 5.47. The lowest BCUT2D eigenvalue weighted by atomic mass is 9.98. The maximum Gasteiger partial charge on any atom is 0.198 e. The molecule has 0 amide bonds. The molecule has 3 rings (SSSR count). The third-order valence-corrected chi connectivity index (χ3v) is 4.10. The number of aryl methyl sites for hydroxylation is 1. The van der Waals surface area contributed by atoms with Crippen LogP contribution < -0.4 is 0 Å². The third kappa shape index (κ3) is 2.29. The third-order valence-electron chi connectivity index (χ3n) is 4.10. The minimum absolute atomic E-state index is 0.0565. The fraction of sp³-hybridized carbons (Fsp3) is 0.438. The van der Waals surface area contributed by atoms with Crippen LogP contribution in [0.3, 0.4) is 0 Å². The van der Waals surface area contributed by atoms with Crippen LogP contribution in [0.25, 0.3) is 11.0 Å². The van der Waals surface area contributed by atoms with Crippen LogP contribution in [0.2, 0.25) is 0 Å². The van der Waals surface area contributed by atoms with Crippen molar-refractivity contribution >= 4 is 16.8 Å². The van der Waals surface area contributed by atoms with Crippen LogP contribution in [-0.4, -0.2) is 5.78 Å². The van der Waals surface area contributed by atoms with Gasteiger partial charge in [0.05, 0.1) is 0 Å². The number of fused-ring (bicyclic) bond motifs is 1. The van der Waals surface area contributed by atoms with Gasteiger partial charge in [-0.05, 0) is 31.0 Å². The highest BCUT2D eigenvalue weighted by Crippen LogP contribution is 2.31. The van der Waals surface area contributed by atoms with E-state index < -0.39 is 0 Å². The van der Waals surface area contributed by atoms with Crippen molar-refractivity contribution in [2.75, 3.05) is 0 Å². The van der Waals surface area contributed by atoms with E-state index in [2.05, 4.69) is 0 Å². The van der Waals surface area contributed by atoms with Crippen molar-refractivity contribution in [3.8, 4) is 0 Å². The van der Waals surface area contributed by atoms with E-state index in [0.717, 1.165) is 18.4 Å². The lowest BCUT2D eigenvalue weighted by Crippen LogP contribution is -2.06. The second kappa shape index (κ2) is 4.80. The van der Waals surface area contributed by atoms with Crippen LogP contribution in [0.5, 0.6) is 0 Å². The molecule has 0 spiro atoms. The SMILES string of the molecule is Cc1c(C(=O)CC2CCCC2)oc2ccc(F)cc12. The van der Waals surface area contributed by atoms with E-state index in [1.807, 2.05) is 6.92 Å². The fourth-order valence-electron chi connectivity index (χ4n) is 3.03. The maximum absolute atomic E-state index is 13.2. The van der Waals surface area contributed by atoms with E-state index in [1.54, 1.807) is 6.07 Å². The highest BCUT2D eigenvalue weighted by molar-refractivity contribution is 6.00. The largest absolute Gasteiger partial charge is 0.453 e. The Hall–Kier alpha value is -1.64. The van der Waals surface area contributed by atoms with Gasteiger partial charge in [-0.1, -0.05) is 25.7 Å². The minimum atomic E-state index is -0.300. The standard InChI is InChI=1S/C16H17FO2/c1-10-13-9-12(17)6-7-15(13)19-16(10)14(18)8-11-4-2-3-5-11/h6-7,9,11H,2-5,8H2,1H3. The number of hydrogen-bond donors (Lipinski definition) is 0. The molecule has 100 valence electrons. The Kier molecular flexibility index (Phi) is 3.13. The number of ketones is 1. The van der Waals surface area contributed by atoms with Gasteiger partial charge in [0, 0.05) is 17.4 Å². The number of furan rings is 1. The summed E-state index contributed by atoms with van der Waals surface area (Å²) in [6.07, 6.45) is 5.28. The molecule has 1 aliphatic rings. The van der Waals surface area contributed by atoms with Crippen molar-refractivity contribution in [3.63, 3.8) is 0 Å². The molecule has 0 N–H and O–H groups in total. The smallest absolute Gasteiger partial charge is 0.198 e. The monoisotopic (exact) mass is 260 g/mol. The predicted octanol–water partition coefficient (Wildman–Crippen LogP) is 4.64. The molecule has 3 heteroatoms. The van der Waals surface area contributed by atoms with E-state index in [9.17, 15) is 9.18 Å². The van der Waals surface area contributed by atoms with Crippen molar-refractivity contribution in [2.45, 2.75) is 39.0 Å². The van der Waals surface area contributed by atoms with Crippen molar-refractivity contribution < 1.29 is 13.6 Å². The highest BCUT2D eigenvalue weighted by atomic mass is 19.1. The number of carbonyl (C=O) groups is 1. The van der Waals surface area contributed by atoms with Crippen LogP contribution in [0.1, 0.15) is 48.2 Å². The molecule has 19 heavy (non-hydrogen) atoms. The summed E-state index contributed by atoms with van der Waals surface area (Å²) in [5.74, 6) is 0.663. The topological polar surface area (TPSA) is 30.2 Å². The average Bonchev–Trinajstić information content (AvgIpc) is 2.98. The highest BCUT2D eigenvalue weighted by Gasteiger charge is 2.23. The average molecular weight is 260 g/mol. The minimum Gasteiger partial charge on any atom is -0.453 e. The number of hydrogen-bond acceptors (Lipinski definition) is 2. The van der Waals surface area contributed by atoms with Crippen molar-refractivity contribution in [3.05, 3.63) is 35.3 Å². The summed E-state index contributed by atoms with van der Waals surface area (Å²) < 4.78 is 18.8. The van der Waals surface area contributed by atoms with Gasteiger partial charge in [0.25, 0.3) is 0 Å². The quantitative estimate of drug-likeness (QED) is 0.752. The molecule has 1 aromatic carbocycles. The summed E-state index contributed by atoms with van der Waals surface area (Å²) in [6.45, 7) is 1.83. The summed E-state index contributed by atoms with van der Waals surface area (Å²) in [4.78, 5) is 12.3. The second-order valence-corrected chi connectivity index (χ2v) is 5.47. The Balaban J connectivity index is 1.91. The van der Waals surface area contributed by atoms with E-state index >= 15 is 0 Å². The zero-order valence-electron chi connectivity index (χ0n) is 11.0. The molecule has 1 aromatic heterocycles. The van der Waals surface area contributed by atoms with Gasteiger partial charge in [-0.25, -0.2) is 4.39 Å². The molecule has 0 aliphatic heterocycles. The van der Waals surface area contributed by atoms with Crippen LogP contribution in [0, 0.1) is 18.7 Å². The van der Waals surface area contributed by atoms with E-state index in [1.165, 1.54) is 25.0 Å². The first-order chi connectivity index (χ1) is 9.15. The fourth-order valence-corrected chi connectivity index (χ4v) is 3.03. The number of rotatable bonds is 3. The number of benzene rings is 1. The Labute approximate surface area is 111 Å². The molecule has 2 nitrogen and oxygen atoms in total. The molecule has 1 heterocycles. The Morgan fingerprint density at radius 2 is 2.11 bits per heavy atom. The van der Waals surface area contributed by atoms with E-state index in [-0.39, 0.29) is 11.6 Å². The van der Waals surface area contributed by atoms with Gasteiger partial charge in [0.15, 0.2) is 11.5 Å². The molecule has 0 unspecified atom stereocenters. The Bertz CT molecular complexity index is 621.